The summed E-state index contributed by atoms with van der Waals surface area (Å²) in [5, 5.41) is 0. The van der Waals surface area contributed by atoms with Gasteiger partial charge in [0, 0.05) is 6.07 Å². The lowest BCUT2D eigenvalue weighted by atomic mass is 10.5. The van der Waals surface area contributed by atoms with Crippen LogP contribution >= 0.6 is 22.6 Å². The first-order valence-corrected chi connectivity index (χ1v) is 3.32. The molecule has 0 aliphatic carbocycles. The number of aromatic amines is 1. The maximum Gasteiger partial charge on any atom is 0.248 e. The number of H-pyrrole nitrogens is 1. The zero-order chi connectivity index (χ0) is 6.85. The molecule has 0 fully saturated rings. The minimum absolute atomic E-state index is 0.250. The largest absolute Gasteiger partial charge is 0.315 e. The summed E-state index contributed by atoms with van der Waals surface area (Å²) in [6, 6.07) is 2.29. The molecule has 0 unspecified atom stereocenters. The van der Waals surface area contributed by atoms with Gasteiger partial charge in [0.25, 0.3) is 0 Å². The van der Waals surface area contributed by atoms with Gasteiger partial charge in [0.15, 0.2) is 5.82 Å². The number of rotatable bonds is 0. The Labute approximate surface area is 64.2 Å². The Kier molecular flexibility index (Phi) is 1.84. The second kappa shape index (κ2) is 2.47. The molecule has 2 nitrogen and oxygen atoms in total. The zero-order valence-electron chi connectivity index (χ0n) is 4.32. The van der Waals surface area contributed by atoms with Crippen LogP contribution in [-0.4, -0.2) is 4.98 Å². The summed E-state index contributed by atoms with van der Waals surface area (Å²) in [6.07, 6.45) is 0. The normalized spacial score (nSPS) is 9.56. The highest BCUT2D eigenvalue weighted by Gasteiger charge is 1.95. The van der Waals surface area contributed by atoms with Crippen LogP contribution < -0.4 is 5.56 Å². The molecule has 0 spiro atoms. The Morgan fingerprint density at radius 3 is 2.67 bits per heavy atom. The molecular weight excluding hydrogens is 236 g/mol. The molecule has 1 heterocycles. The van der Waals surface area contributed by atoms with E-state index >= 15 is 0 Å². The first-order valence-electron chi connectivity index (χ1n) is 2.24. The second-order valence-electron chi connectivity index (χ2n) is 1.48. The van der Waals surface area contributed by atoms with Gasteiger partial charge in [0.2, 0.25) is 5.56 Å². The van der Waals surface area contributed by atoms with Crippen LogP contribution in [0.3, 0.4) is 0 Å². The predicted octanol–water partition coefficient (Wildman–Crippen LogP) is 1.12. The summed E-state index contributed by atoms with van der Waals surface area (Å²) in [7, 11) is 0. The SMILES string of the molecule is O=c1ccc(F)c(I)[nH]1. The first-order chi connectivity index (χ1) is 4.20. The smallest absolute Gasteiger partial charge is 0.248 e. The third kappa shape index (κ3) is 1.51. The van der Waals surface area contributed by atoms with Gasteiger partial charge in [0.05, 0.1) is 0 Å². The molecule has 1 rings (SSSR count). The molecule has 0 radical (unpaired) electrons. The van der Waals surface area contributed by atoms with Gasteiger partial charge in [-0.2, -0.15) is 0 Å². The molecule has 0 saturated heterocycles. The minimum Gasteiger partial charge on any atom is -0.315 e. The highest BCUT2D eigenvalue weighted by Crippen LogP contribution is 2.01. The number of hydrogen-bond donors (Lipinski definition) is 1. The van der Waals surface area contributed by atoms with Gasteiger partial charge in [0.1, 0.15) is 3.70 Å². The summed E-state index contributed by atoms with van der Waals surface area (Å²) >= 11 is 1.72. The van der Waals surface area contributed by atoms with Crippen molar-refractivity contribution in [2.75, 3.05) is 0 Å². The maximum atomic E-state index is 12.3. The lowest BCUT2D eigenvalue weighted by Crippen LogP contribution is -2.05. The van der Waals surface area contributed by atoms with E-state index in [4.69, 9.17) is 0 Å². The molecule has 0 aliphatic rings. The lowest BCUT2D eigenvalue weighted by Gasteiger charge is -1.88. The van der Waals surface area contributed by atoms with Crippen molar-refractivity contribution < 1.29 is 4.39 Å². The molecule has 0 aliphatic heterocycles. The number of pyridine rings is 1. The highest BCUT2D eigenvalue weighted by molar-refractivity contribution is 14.1. The van der Waals surface area contributed by atoms with E-state index < -0.39 is 5.82 Å². The molecule has 9 heavy (non-hydrogen) atoms. The fourth-order valence-corrected chi connectivity index (χ4v) is 0.877. The van der Waals surface area contributed by atoms with Gasteiger partial charge in [-0.25, -0.2) is 4.39 Å². The van der Waals surface area contributed by atoms with Gasteiger partial charge in [-0.3, -0.25) is 4.79 Å². The van der Waals surface area contributed by atoms with Crippen LogP contribution in [0.25, 0.3) is 0 Å². The quantitative estimate of drug-likeness (QED) is 0.534. The zero-order valence-corrected chi connectivity index (χ0v) is 6.48. The van der Waals surface area contributed by atoms with Crippen molar-refractivity contribution in [2.24, 2.45) is 0 Å². The highest BCUT2D eigenvalue weighted by atomic mass is 127. The average molecular weight is 239 g/mol. The monoisotopic (exact) mass is 239 g/mol. The van der Waals surface area contributed by atoms with Crippen LogP contribution in [0.15, 0.2) is 16.9 Å². The van der Waals surface area contributed by atoms with Gasteiger partial charge >= 0.3 is 0 Å². The molecule has 4 heteroatoms. The first kappa shape index (κ1) is 6.73. The predicted molar refractivity (Wildman–Crippen MR) is 39.7 cm³/mol. The van der Waals surface area contributed by atoms with Crippen molar-refractivity contribution in [1.29, 1.82) is 0 Å². The third-order valence-electron chi connectivity index (χ3n) is 0.824. The van der Waals surface area contributed by atoms with Crippen molar-refractivity contribution in [3.63, 3.8) is 0 Å². The van der Waals surface area contributed by atoms with Crippen molar-refractivity contribution in [2.45, 2.75) is 0 Å². The van der Waals surface area contributed by atoms with Crippen molar-refractivity contribution >= 4 is 22.6 Å². The van der Waals surface area contributed by atoms with Crippen LogP contribution in [0.5, 0.6) is 0 Å². The molecule has 0 atom stereocenters. The third-order valence-corrected chi connectivity index (χ3v) is 1.61. The lowest BCUT2D eigenvalue weighted by molar-refractivity contribution is 0.610. The molecular formula is C5H3FINO. The summed E-state index contributed by atoms with van der Waals surface area (Å²) in [5.74, 6) is -0.393. The minimum atomic E-state index is -0.393. The standard InChI is InChI=1S/C5H3FINO/c6-3-1-2-4(9)8-5(3)7/h1-2H,(H,8,9). The molecule has 0 bridgehead atoms. The van der Waals surface area contributed by atoms with Gasteiger partial charge in [-0.05, 0) is 28.7 Å². The summed E-state index contributed by atoms with van der Waals surface area (Å²) < 4.78 is 12.6. The summed E-state index contributed by atoms with van der Waals surface area (Å²) in [6.45, 7) is 0. The summed E-state index contributed by atoms with van der Waals surface area (Å²) in [4.78, 5) is 12.7. The molecule has 1 N–H and O–H groups in total. The van der Waals surface area contributed by atoms with Crippen LogP contribution in [-0.2, 0) is 0 Å². The topological polar surface area (TPSA) is 32.9 Å². The van der Waals surface area contributed by atoms with E-state index in [1.165, 1.54) is 0 Å². The Balaban J connectivity index is 3.34. The van der Waals surface area contributed by atoms with E-state index in [2.05, 4.69) is 4.98 Å². The van der Waals surface area contributed by atoms with Crippen LogP contribution in [0, 0.1) is 9.52 Å². The molecule has 1 aromatic heterocycles. The molecule has 48 valence electrons. The Morgan fingerprint density at radius 1 is 1.56 bits per heavy atom. The van der Waals surface area contributed by atoms with Crippen molar-refractivity contribution in [3.8, 4) is 0 Å². The van der Waals surface area contributed by atoms with E-state index in [-0.39, 0.29) is 9.26 Å². The van der Waals surface area contributed by atoms with Gasteiger partial charge in [-0.1, -0.05) is 0 Å². The second-order valence-corrected chi connectivity index (χ2v) is 2.56. The number of hydrogen-bond acceptors (Lipinski definition) is 1. The van der Waals surface area contributed by atoms with Crippen molar-refractivity contribution in [3.05, 3.63) is 32.0 Å². The van der Waals surface area contributed by atoms with Crippen LogP contribution in [0.1, 0.15) is 0 Å². The molecule has 1 aromatic rings. The van der Waals surface area contributed by atoms with E-state index in [1.807, 2.05) is 0 Å². The average Bonchev–Trinajstić information content (AvgIpc) is 1.80. The number of nitrogens with one attached hydrogen (secondary N) is 1. The van der Waals surface area contributed by atoms with E-state index in [9.17, 15) is 9.18 Å². The van der Waals surface area contributed by atoms with Crippen LogP contribution in [0.2, 0.25) is 0 Å². The molecule has 0 saturated carbocycles. The van der Waals surface area contributed by atoms with E-state index in [0.717, 1.165) is 12.1 Å². The van der Waals surface area contributed by atoms with E-state index in [1.54, 1.807) is 22.6 Å². The molecule has 0 aromatic carbocycles. The maximum absolute atomic E-state index is 12.3. The fourth-order valence-electron chi connectivity index (χ4n) is 0.432. The van der Waals surface area contributed by atoms with Gasteiger partial charge < -0.3 is 4.98 Å². The van der Waals surface area contributed by atoms with E-state index in [0.29, 0.717) is 0 Å². The van der Waals surface area contributed by atoms with Gasteiger partial charge in [-0.15, -0.1) is 0 Å². The molecule has 0 amide bonds. The van der Waals surface area contributed by atoms with Crippen LogP contribution in [0.4, 0.5) is 4.39 Å². The van der Waals surface area contributed by atoms with Crippen molar-refractivity contribution in [1.82, 2.24) is 4.98 Å². The Hall–Kier alpha value is -0.390. The number of aromatic nitrogens is 1. The summed E-state index contributed by atoms with van der Waals surface area (Å²) in [5.41, 5.74) is -0.277. The Bertz CT molecular complexity index is 270. The Morgan fingerprint density at radius 2 is 2.22 bits per heavy atom. The number of halogens is 2. The fraction of sp³-hybridized carbons (Fsp3) is 0.